The van der Waals surface area contributed by atoms with E-state index < -0.39 is 0 Å². The van der Waals surface area contributed by atoms with Gasteiger partial charge in [-0.25, -0.2) is 0 Å². The average Bonchev–Trinajstić information content (AvgIpc) is 2.38. The Kier molecular flexibility index (Phi) is 3.41. The van der Waals surface area contributed by atoms with E-state index in [2.05, 4.69) is 33.3 Å². The van der Waals surface area contributed by atoms with Crippen LogP contribution in [0, 0.1) is 18.3 Å². The van der Waals surface area contributed by atoms with E-state index in [9.17, 15) is 5.26 Å². The molecule has 2 aliphatic heterocycles. The van der Waals surface area contributed by atoms with Crippen molar-refractivity contribution in [1.82, 2.24) is 10.2 Å². The molecule has 0 saturated carbocycles. The Hall–Kier alpha value is -1.57. The molecular weight excluding hydrogens is 236 g/mol. The first-order valence-electron chi connectivity index (χ1n) is 6.98. The van der Waals surface area contributed by atoms with Crippen molar-refractivity contribution in [3.63, 3.8) is 0 Å². The molecule has 4 nitrogen and oxygen atoms in total. The van der Waals surface area contributed by atoms with E-state index in [1.165, 1.54) is 0 Å². The summed E-state index contributed by atoms with van der Waals surface area (Å²) in [5.41, 5.74) is 3.05. The van der Waals surface area contributed by atoms with E-state index in [4.69, 9.17) is 0 Å². The molecule has 1 N–H and O–H groups in total. The normalized spacial score (nSPS) is 20.9. The molecule has 0 aromatic heterocycles. The molecule has 1 aromatic rings. The van der Waals surface area contributed by atoms with Gasteiger partial charge in [-0.15, -0.1) is 0 Å². The monoisotopic (exact) mass is 256 g/mol. The summed E-state index contributed by atoms with van der Waals surface area (Å²) in [7, 11) is 0. The Bertz CT molecular complexity index is 493. The van der Waals surface area contributed by atoms with Crippen molar-refractivity contribution in [2.24, 2.45) is 0 Å². The second kappa shape index (κ2) is 5.20. The summed E-state index contributed by atoms with van der Waals surface area (Å²) in [6.45, 7) is 8.55. The molecule has 0 unspecified atom stereocenters. The summed E-state index contributed by atoms with van der Waals surface area (Å²) in [5, 5.41) is 12.6. The van der Waals surface area contributed by atoms with Crippen LogP contribution in [-0.4, -0.2) is 50.2 Å². The lowest BCUT2D eigenvalue weighted by Gasteiger charge is -2.44. The molecule has 2 fully saturated rings. The molecule has 0 bridgehead atoms. The van der Waals surface area contributed by atoms with Crippen LogP contribution >= 0.6 is 0 Å². The molecule has 1 aromatic carbocycles. The standard InChI is InChI=1S/C15H20N4/c1-12-2-3-15(13(8-12)9-16)19-6-4-18(5-7-19)14-10-17-11-14/h2-3,8,14,17H,4-7,10-11H2,1H3. The molecule has 2 aliphatic rings. The van der Waals surface area contributed by atoms with Crippen LogP contribution in [0.5, 0.6) is 0 Å². The fourth-order valence-corrected chi connectivity index (χ4v) is 2.87. The smallest absolute Gasteiger partial charge is 0.101 e. The highest BCUT2D eigenvalue weighted by atomic mass is 15.3. The lowest BCUT2D eigenvalue weighted by atomic mass is 10.1. The van der Waals surface area contributed by atoms with Gasteiger partial charge in [0.15, 0.2) is 0 Å². The highest BCUT2D eigenvalue weighted by molar-refractivity contribution is 5.60. The van der Waals surface area contributed by atoms with Crippen LogP contribution in [0.1, 0.15) is 11.1 Å². The SMILES string of the molecule is Cc1ccc(N2CCN(C3CNC3)CC2)c(C#N)c1. The Balaban J connectivity index is 1.69. The summed E-state index contributed by atoms with van der Waals surface area (Å²) < 4.78 is 0. The minimum absolute atomic E-state index is 0.732. The molecule has 0 amide bonds. The van der Waals surface area contributed by atoms with Crippen molar-refractivity contribution in [2.45, 2.75) is 13.0 Å². The van der Waals surface area contributed by atoms with Gasteiger partial charge in [-0.2, -0.15) is 5.26 Å². The minimum atomic E-state index is 0.732. The highest BCUT2D eigenvalue weighted by Gasteiger charge is 2.28. The van der Waals surface area contributed by atoms with Gasteiger partial charge in [-0.1, -0.05) is 6.07 Å². The minimum Gasteiger partial charge on any atom is -0.368 e. The van der Waals surface area contributed by atoms with Crippen molar-refractivity contribution < 1.29 is 0 Å². The van der Waals surface area contributed by atoms with Gasteiger partial charge in [-0.05, 0) is 24.6 Å². The first-order chi connectivity index (χ1) is 9.28. The van der Waals surface area contributed by atoms with E-state index in [1.54, 1.807) is 0 Å². The van der Waals surface area contributed by atoms with Crippen molar-refractivity contribution in [3.05, 3.63) is 29.3 Å². The lowest BCUT2D eigenvalue weighted by molar-refractivity contribution is 0.138. The third-order valence-corrected chi connectivity index (χ3v) is 4.20. The number of rotatable bonds is 2. The second-order valence-corrected chi connectivity index (χ2v) is 5.47. The number of nitrogens with zero attached hydrogens (tertiary/aromatic N) is 3. The van der Waals surface area contributed by atoms with E-state index in [0.717, 1.165) is 62.1 Å². The van der Waals surface area contributed by atoms with Crippen molar-refractivity contribution in [2.75, 3.05) is 44.2 Å². The Labute approximate surface area is 114 Å². The summed E-state index contributed by atoms with van der Waals surface area (Å²) >= 11 is 0. The zero-order chi connectivity index (χ0) is 13.2. The van der Waals surface area contributed by atoms with Crippen LogP contribution in [-0.2, 0) is 0 Å². The molecule has 4 heteroatoms. The predicted octanol–water partition coefficient (Wildman–Crippen LogP) is 0.960. The number of nitriles is 1. The number of hydrogen-bond acceptors (Lipinski definition) is 4. The third kappa shape index (κ3) is 2.44. The number of hydrogen-bond donors (Lipinski definition) is 1. The van der Waals surface area contributed by atoms with Gasteiger partial charge < -0.3 is 10.2 Å². The van der Waals surface area contributed by atoms with E-state index in [0.29, 0.717) is 0 Å². The number of nitrogens with one attached hydrogen (secondary N) is 1. The van der Waals surface area contributed by atoms with E-state index >= 15 is 0 Å². The number of anilines is 1. The number of aryl methyl sites for hydroxylation is 1. The second-order valence-electron chi connectivity index (χ2n) is 5.47. The van der Waals surface area contributed by atoms with E-state index in [-0.39, 0.29) is 0 Å². The van der Waals surface area contributed by atoms with Crippen LogP contribution in [0.25, 0.3) is 0 Å². The Morgan fingerprint density at radius 3 is 2.53 bits per heavy atom. The van der Waals surface area contributed by atoms with Gasteiger partial charge in [-0.3, -0.25) is 4.90 Å². The number of benzene rings is 1. The maximum atomic E-state index is 9.27. The zero-order valence-corrected chi connectivity index (χ0v) is 11.4. The quantitative estimate of drug-likeness (QED) is 0.856. The molecule has 19 heavy (non-hydrogen) atoms. The van der Waals surface area contributed by atoms with Gasteiger partial charge in [0.05, 0.1) is 11.3 Å². The van der Waals surface area contributed by atoms with E-state index in [1.807, 2.05) is 13.0 Å². The first kappa shape index (κ1) is 12.5. The van der Waals surface area contributed by atoms with Gasteiger partial charge in [0.2, 0.25) is 0 Å². The van der Waals surface area contributed by atoms with Crippen molar-refractivity contribution in [1.29, 1.82) is 5.26 Å². The van der Waals surface area contributed by atoms with Crippen LogP contribution in [0.2, 0.25) is 0 Å². The molecule has 2 heterocycles. The van der Waals surface area contributed by atoms with Crippen LogP contribution in [0.3, 0.4) is 0 Å². The first-order valence-corrected chi connectivity index (χ1v) is 6.98. The van der Waals surface area contributed by atoms with Crippen molar-refractivity contribution >= 4 is 5.69 Å². The summed E-state index contributed by atoms with van der Waals surface area (Å²) in [5.74, 6) is 0. The van der Waals surface area contributed by atoms with Crippen LogP contribution in [0.15, 0.2) is 18.2 Å². The lowest BCUT2D eigenvalue weighted by Crippen LogP contribution is -2.61. The summed E-state index contributed by atoms with van der Waals surface area (Å²) in [6.07, 6.45) is 0. The molecule has 0 atom stereocenters. The fourth-order valence-electron chi connectivity index (χ4n) is 2.87. The summed E-state index contributed by atoms with van der Waals surface area (Å²) in [6, 6.07) is 9.23. The maximum Gasteiger partial charge on any atom is 0.101 e. The average molecular weight is 256 g/mol. The third-order valence-electron chi connectivity index (χ3n) is 4.20. The maximum absolute atomic E-state index is 9.27. The molecule has 0 spiro atoms. The largest absolute Gasteiger partial charge is 0.368 e. The molecule has 3 rings (SSSR count). The number of piperazine rings is 1. The van der Waals surface area contributed by atoms with Crippen LogP contribution < -0.4 is 10.2 Å². The predicted molar refractivity (Wildman–Crippen MR) is 76.3 cm³/mol. The van der Waals surface area contributed by atoms with Crippen LogP contribution in [0.4, 0.5) is 5.69 Å². The summed E-state index contributed by atoms with van der Waals surface area (Å²) in [4.78, 5) is 4.91. The molecule has 100 valence electrons. The molecular formula is C15H20N4. The van der Waals surface area contributed by atoms with Gasteiger partial charge >= 0.3 is 0 Å². The molecule has 0 radical (unpaired) electrons. The van der Waals surface area contributed by atoms with Gasteiger partial charge in [0.1, 0.15) is 6.07 Å². The fraction of sp³-hybridized carbons (Fsp3) is 0.533. The highest BCUT2D eigenvalue weighted by Crippen LogP contribution is 2.23. The topological polar surface area (TPSA) is 42.3 Å². The molecule has 0 aliphatic carbocycles. The Morgan fingerprint density at radius 1 is 1.21 bits per heavy atom. The zero-order valence-electron chi connectivity index (χ0n) is 11.4. The molecule has 2 saturated heterocycles. The van der Waals surface area contributed by atoms with Gasteiger partial charge in [0.25, 0.3) is 0 Å². The van der Waals surface area contributed by atoms with Gasteiger partial charge in [0, 0.05) is 45.3 Å². The Morgan fingerprint density at radius 2 is 1.95 bits per heavy atom. The van der Waals surface area contributed by atoms with Crippen molar-refractivity contribution in [3.8, 4) is 6.07 Å².